The normalized spacial score (nSPS) is 16.8. The fourth-order valence-corrected chi connectivity index (χ4v) is 3.81. The molecule has 1 N–H and O–H groups in total. The highest BCUT2D eigenvalue weighted by molar-refractivity contribution is 7.13. The second kappa shape index (κ2) is 10.1. The lowest BCUT2D eigenvalue weighted by atomic mass is 9.78. The van der Waals surface area contributed by atoms with Crippen molar-refractivity contribution in [2.45, 2.75) is 52.2 Å². The van der Waals surface area contributed by atoms with Crippen molar-refractivity contribution in [3.8, 4) is 11.5 Å². The molecule has 0 aliphatic carbocycles. The Bertz CT molecular complexity index is 982. The number of rotatable bonds is 9. The number of ether oxygens (including phenoxy) is 3. The number of hydrazone groups is 1. The molecular formula is C22H30BN3O6S. The van der Waals surface area contributed by atoms with Crippen molar-refractivity contribution in [3.63, 3.8) is 0 Å². The third-order valence-electron chi connectivity index (χ3n) is 5.63. The average Bonchev–Trinajstić information content (AvgIpc) is 3.28. The van der Waals surface area contributed by atoms with Crippen LogP contribution in [0.5, 0.6) is 11.5 Å². The number of aromatic nitrogens is 1. The molecule has 1 aromatic heterocycles. The second-order valence-corrected chi connectivity index (χ2v) is 9.28. The van der Waals surface area contributed by atoms with Crippen LogP contribution in [0, 0.1) is 0 Å². The number of anilines is 1. The van der Waals surface area contributed by atoms with Crippen LogP contribution in [0.3, 0.4) is 0 Å². The van der Waals surface area contributed by atoms with E-state index in [1.54, 1.807) is 32.7 Å². The van der Waals surface area contributed by atoms with Gasteiger partial charge in [0.25, 0.3) is 0 Å². The highest BCUT2D eigenvalue weighted by Gasteiger charge is 2.52. The number of nitrogens with zero attached hydrogens (tertiary/aromatic N) is 2. The molecule has 0 radical (unpaired) electrons. The van der Waals surface area contributed by atoms with Gasteiger partial charge in [-0.15, -0.1) is 11.3 Å². The maximum Gasteiger partial charge on any atom is 0.495 e. The first-order chi connectivity index (χ1) is 15.6. The van der Waals surface area contributed by atoms with Gasteiger partial charge in [0.2, 0.25) is 5.13 Å². The fourth-order valence-electron chi connectivity index (χ4n) is 3.15. The molecule has 3 rings (SSSR count). The van der Waals surface area contributed by atoms with Gasteiger partial charge in [-0.1, -0.05) is 0 Å². The van der Waals surface area contributed by atoms with E-state index in [0.29, 0.717) is 34.5 Å². The van der Waals surface area contributed by atoms with Crippen molar-refractivity contribution in [1.29, 1.82) is 0 Å². The summed E-state index contributed by atoms with van der Waals surface area (Å²) in [5.41, 5.74) is 4.02. The number of nitrogens with one attached hydrogen (secondary N) is 1. The average molecular weight is 475 g/mol. The van der Waals surface area contributed by atoms with E-state index in [9.17, 15) is 4.79 Å². The third kappa shape index (κ3) is 5.66. The summed E-state index contributed by atoms with van der Waals surface area (Å²) in [7, 11) is 2.61. The number of carbonyl (C=O) groups is 1. The number of thiazole rings is 1. The quantitative estimate of drug-likeness (QED) is 0.256. The topological polar surface area (TPSA) is 101 Å². The van der Waals surface area contributed by atoms with Gasteiger partial charge >= 0.3 is 13.1 Å². The lowest BCUT2D eigenvalue weighted by Crippen LogP contribution is -2.41. The molecule has 1 aliphatic rings. The van der Waals surface area contributed by atoms with Gasteiger partial charge in [0.1, 0.15) is 11.5 Å². The van der Waals surface area contributed by atoms with E-state index in [4.69, 9.17) is 23.5 Å². The molecular weight excluding hydrogens is 445 g/mol. The van der Waals surface area contributed by atoms with Crippen molar-refractivity contribution in [1.82, 2.24) is 4.98 Å². The van der Waals surface area contributed by atoms with Gasteiger partial charge in [-0.25, -0.2) is 4.98 Å². The van der Waals surface area contributed by atoms with Gasteiger partial charge in [0.15, 0.2) is 0 Å². The molecule has 2 aromatic rings. The van der Waals surface area contributed by atoms with Crippen molar-refractivity contribution in [2.24, 2.45) is 5.10 Å². The Morgan fingerprint density at radius 1 is 1.18 bits per heavy atom. The molecule has 0 unspecified atom stereocenters. The van der Waals surface area contributed by atoms with Crippen LogP contribution >= 0.6 is 11.3 Å². The third-order valence-corrected chi connectivity index (χ3v) is 6.42. The van der Waals surface area contributed by atoms with Crippen LogP contribution in [0.2, 0.25) is 0 Å². The molecule has 1 fully saturated rings. The SMILES string of the molecule is CCOC(=O)Cc1csc(NN=Cc2c(OC)cc(B3OC(C)(C)C(C)(C)O3)cc2OC)n1. The van der Waals surface area contributed by atoms with Crippen LogP contribution in [0.1, 0.15) is 45.9 Å². The van der Waals surface area contributed by atoms with E-state index < -0.39 is 18.3 Å². The monoisotopic (exact) mass is 475 g/mol. The Morgan fingerprint density at radius 3 is 2.33 bits per heavy atom. The molecule has 0 amide bonds. The Hall–Kier alpha value is -2.63. The van der Waals surface area contributed by atoms with Crippen molar-refractivity contribution >= 4 is 41.2 Å². The van der Waals surface area contributed by atoms with Gasteiger partial charge in [-0.2, -0.15) is 5.10 Å². The first kappa shape index (κ1) is 25.0. The van der Waals surface area contributed by atoms with Crippen molar-refractivity contribution in [2.75, 3.05) is 26.3 Å². The fraction of sp³-hybridized carbons (Fsp3) is 0.500. The van der Waals surface area contributed by atoms with Gasteiger partial charge in [-0.3, -0.25) is 10.2 Å². The van der Waals surface area contributed by atoms with Crippen LogP contribution in [-0.2, 0) is 25.3 Å². The van der Waals surface area contributed by atoms with Gasteiger partial charge in [0, 0.05) is 5.38 Å². The van der Waals surface area contributed by atoms with E-state index in [0.717, 1.165) is 5.46 Å². The molecule has 9 nitrogen and oxygen atoms in total. The number of benzene rings is 1. The lowest BCUT2D eigenvalue weighted by molar-refractivity contribution is -0.142. The lowest BCUT2D eigenvalue weighted by Gasteiger charge is -2.32. The molecule has 0 bridgehead atoms. The summed E-state index contributed by atoms with van der Waals surface area (Å²) in [6, 6.07) is 3.71. The Kier molecular flexibility index (Phi) is 7.66. The number of hydrogen-bond donors (Lipinski definition) is 1. The summed E-state index contributed by atoms with van der Waals surface area (Å²) in [4.78, 5) is 15.9. The van der Waals surface area contributed by atoms with Crippen LogP contribution < -0.4 is 20.4 Å². The molecule has 33 heavy (non-hydrogen) atoms. The summed E-state index contributed by atoms with van der Waals surface area (Å²) in [5.74, 6) is 0.813. The zero-order chi connectivity index (χ0) is 24.2. The largest absolute Gasteiger partial charge is 0.496 e. The van der Waals surface area contributed by atoms with Crippen molar-refractivity contribution < 1.29 is 28.3 Å². The van der Waals surface area contributed by atoms with E-state index in [1.165, 1.54) is 11.3 Å². The van der Waals surface area contributed by atoms with Gasteiger partial charge < -0.3 is 23.5 Å². The van der Waals surface area contributed by atoms with Gasteiger partial charge in [0.05, 0.1) is 55.9 Å². The van der Waals surface area contributed by atoms with E-state index in [2.05, 4.69) is 15.5 Å². The predicted molar refractivity (Wildman–Crippen MR) is 129 cm³/mol. The maximum absolute atomic E-state index is 11.6. The summed E-state index contributed by atoms with van der Waals surface area (Å²) in [6.07, 6.45) is 1.72. The van der Waals surface area contributed by atoms with Crippen LogP contribution in [0.4, 0.5) is 5.13 Å². The number of hydrogen-bond acceptors (Lipinski definition) is 10. The second-order valence-electron chi connectivity index (χ2n) is 8.42. The number of esters is 1. The molecule has 1 saturated heterocycles. The predicted octanol–water partition coefficient (Wildman–Crippen LogP) is 3.01. The van der Waals surface area contributed by atoms with E-state index >= 15 is 0 Å². The minimum absolute atomic E-state index is 0.123. The van der Waals surface area contributed by atoms with Crippen LogP contribution in [-0.4, -0.2) is 56.3 Å². The summed E-state index contributed by atoms with van der Waals surface area (Å²) in [6.45, 7) is 10.1. The number of carbonyl (C=O) groups excluding carboxylic acids is 1. The van der Waals surface area contributed by atoms with Gasteiger partial charge in [-0.05, 0) is 52.2 Å². The smallest absolute Gasteiger partial charge is 0.495 e. The summed E-state index contributed by atoms with van der Waals surface area (Å²) >= 11 is 1.34. The first-order valence-corrected chi connectivity index (χ1v) is 11.5. The highest BCUT2D eigenvalue weighted by atomic mass is 32.1. The van der Waals surface area contributed by atoms with Crippen LogP contribution in [0.15, 0.2) is 22.6 Å². The summed E-state index contributed by atoms with van der Waals surface area (Å²) in [5, 5.41) is 6.61. The molecule has 178 valence electrons. The standard InChI is InChI=1S/C22H30BN3O6S/c1-8-30-19(27)11-15-13-33-20(25-15)26-24-12-16-17(28-6)9-14(10-18(16)29-7)23-31-21(2,3)22(4,5)32-23/h9-10,12-13H,8,11H2,1-7H3,(H,25,26). The molecule has 0 saturated carbocycles. The Labute approximate surface area is 198 Å². The van der Waals surface area contributed by atoms with Crippen molar-refractivity contribution in [3.05, 3.63) is 28.8 Å². The molecule has 1 aromatic carbocycles. The molecule has 0 spiro atoms. The molecule has 2 heterocycles. The molecule has 11 heteroatoms. The molecule has 0 atom stereocenters. The zero-order valence-corrected chi connectivity index (χ0v) is 20.9. The number of methoxy groups -OCH3 is 2. The van der Waals surface area contributed by atoms with Crippen LogP contribution in [0.25, 0.3) is 0 Å². The minimum atomic E-state index is -0.546. The summed E-state index contributed by atoms with van der Waals surface area (Å²) < 4.78 is 28.4. The maximum atomic E-state index is 11.6. The zero-order valence-electron chi connectivity index (χ0n) is 20.1. The van der Waals surface area contributed by atoms with E-state index in [1.807, 2.05) is 39.8 Å². The Balaban J connectivity index is 1.76. The Morgan fingerprint density at radius 2 is 1.79 bits per heavy atom. The first-order valence-electron chi connectivity index (χ1n) is 10.6. The minimum Gasteiger partial charge on any atom is -0.496 e. The highest BCUT2D eigenvalue weighted by Crippen LogP contribution is 2.37. The molecule has 1 aliphatic heterocycles. The van der Waals surface area contributed by atoms with E-state index in [-0.39, 0.29) is 12.4 Å².